The molecule has 0 aliphatic carbocycles. The molecule has 246 valence electrons. The second-order valence-corrected chi connectivity index (χ2v) is 11.2. The SMILES string of the molecule is C=C(CCCCCCCC)OOC(COC(=O)CCCCCCCCC)C(F)C1OC(C(=O)O)=CC(C=N)C1NC(C)=O. The Bertz CT molecular complexity index is 897. The van der Waals surface area contributed by atoms with Crippen LogP contribution in [0.3, 0.4) is 0 Å². The van der Waals surface area contributed by atoms with Gasteiger partial charge in [0.25, 0.3) is 0 Å². The molecule has 10 nitrogen and oxygen atoms in total. The van der Waals surface area contributed by atoms with Crippen LogP contribution in [-0.2, 0) is 33.6 Å². The first-order chi connectivity index (χ1) is 20.6. The summed E-state index contributed by atoms with van der Waals surface area (Å²) in [5.74, 6) is -3.75. The van der Waals surface area contributed by atoms with Crippen LogP contribution in [0.15, 0.2) is 24.2 Å². The first-order valence-corrected chi connectivity index (χ1v) is 15.8. The third kappa shape index (κ3) is 15.9. The highest BCUT2D eigenvalue weighted by Crippen LogP contribution is 2.29. The first kappa shape index (κ1) is 38.1. The highest BCUT2D eigenvalue weighted by Gasteiger charge is 2.46. The Kier molecular flexibility index (Phi) is 20.0. The van der Waals surface area contributed by atoms with Crippen molar-refractivity contribution in [2.75, 3.05) is 6.61 Å². The molecule has 0 fully saturated rings. The fourth-order valence-electron chi connectivity index (χ4n) is 4.84. The first-order valence-electron chi connectivity index (χ1n) is 15.8. The van der Waals surface area contributed by atoms with Gasteiger partial charge < -0.3 is 30.2 Å². The minimum Gasteiger partial charge on any atom is -0.478 e. The number of carboxylic acids is 1. The molecule has 3 N–H and O–H groups in total. The fourth-order valence-corrected chi connectivity index (χ4v) is 4.84. The zero-order valence-electron chi connectivity index (χ0n) is 26.2. The largest absolute Gasteiger partial charge is 0.478 e. The van der Waals surface area contributed by atoms with Gasteiger partial charge in [-0.3, -0.25) is 9.59 Å². The summed E-state index contributed by atoms with van der Waals surface area (Å²) < 4.78 is 27.0. The molecular weight excluding hydrogens is 559 g/mol. The summed E-state index contributed by atoms with van der Waals surface area (Å²) in [6, 6.07) is -1.12. The van der Waals surface area contributed by atoms with E-state index in [1.165, 1.54) is 26.2 Å². The van der Waals surface area contributed by atoms with Crippen LogP contribution in [-0.4, -0.2) is 60.2 Å². The van der Waals surface area contributed by atoms with E-state index in [0.29, 0.717) is 12.8 Å². The molecule has 1 amide bonds. The second-order valence-electron chi connectivity index (χ2n) is 11.2. The molecule has 0 radical (unpaired) electrons. The van der Waals surface area contributed by atoms with Crippen molar-refractivity contribution in [3.05, 3.63) is 24.2 Å². The third-order valence-electron chi connectivity index (χ3n) is 7.31. The van der Waals surface area contributed by atoms with Crippen LogP contribution in [0.2, 0.25) is 0 Å². The summed E-state index contributed by atoms with van der Waals surface area (Å²) in [5, 5.41) is 19.8. The smallest absolute Gasteiger partial charge is 0.370 e. The van der Waals surface area contributed by atoms with Gasteiger partial charge in [0.05, 0.1) is 6.04 Å². The lowest BCUT2D eigenvalue weighted by molar-refractivity contribution is -0.319. The number of rotatable bonds is 25. The summed E-state index contributed by atoms with van der Waals surface area (Å²) in [5.41, 5.74) is 0. The Morgan fingerprint density at radius 3 is 2.12 bits per heavy atom. The number of allylic oxidation sites excluding steroid dienone is 1. The van der Waals surface area contributed by atoms with Crippen LogP contribution in [0.25, 0.3) is 0 Å². The van der Waals surface area contributed by atoms with E-state index in [-0.39, 0.29) is 12.2 Å². The van der Waals surface area contributed by atoms with Crippen molar-refractivity contribution in [3.8, 4) is 0 Å². The molecule has 0 aromatic heterocycles. The van der Waals surface area contributed by atoms with Gasteiger partial charge in [0.1, 0.15) is 12.4 Å². The van der Waals surface area contributed by atoms with Crippen molar-refractivity contribution in [1.29, 1.82) is 5.41 Å². The van der Waals surface area contributed by atoms with Crippen molar-refractivity contribution in [3.63, 3.8) is 0 Å². The molecule has 5 unspecified atom stereocenters. The number of hydrogen-bond donors (Lipinski definition) is 3. The topological polar surface area (TPSA) is 144 Å². The Morgan fingerprint density at radius 2 is 1.58 bits per heavy atom. The minimum absolute atomic E-state index is 0.166. The number of alkyl halides is 1. The quantitative estimate of drug-likeness (QED) is 0.0257. The van der Waals surface area contributed by atoms with Crippen molar-refractivity contribution in [2.24, 2.45) is 5.92 Å². The third-order valence-corrected chi connectivity index (χ3v) is 7.31. The van der Waals surface area contributed by atoms with Gasteiger partial charge in [-0.25, -0.2) is 9.18 Å². The van der Waals surface area contributed by atoms with E-state index in [0.717, 1.165) is 70.1 Å². The van der Waals surface area contributed by atoms with Gasteiger partial charge in [0, 0.05) is 31.9 Å². The zero-order chi connectivity index (χ0) is 32.0. The number of halogens is 1. The molecule has 1 heterocycles. The lowest BCUT2D eigenvalue weighted by atomic mass is 9.88. The number of carboxylic acid groups (broad SMARTS) is 1. The molecule has 0 aromatic carbocycles. The van der Waals surface area contributed by atoms with E-state index < -0.39 is 60.6 Å². The average molecular weight is 613 g/mol. The van der Waals surface area contributed by atoms with Gasteiger partial charge in [-0.1, -0.05) is 91.1 Å². The van der Waals surface area contributed by atoms with Crippen LogP contribution >= 0.6 is 0 Å². The monoisotopic (exact) mass is 612 g/mol. The highest BCUT2D eigenvalue weighted by molar-refractivity contribution is 5.86. The molecule has 0 bridgehead atoms. The summed E-state index contributed by atoms with van der Waals surface area (Å²) >= 11 is 0. The molecule has 1 aliphatic rings. The molecule has 43 heavy (non-hydrogen) atoms. The van der Waals surface area contributed by atoms with Gasteiger partial charge in [-0.05, 0) is 18.9 Å². The number of hydrogen-bond acceptors (Lipinski definition) is 8. The predicted octanol–water partition coefficient (Wildman–Crippen LogP) is 6.73. The van der Waals surface area contributed by atoms with E-state index in [2.05, 4.69) is 25.7 Å². The molecule has 11 heteroatoms. The second kappa shape index (κ2) is 22.6. The van der Waals surface area contributed by atoms with Gasteiger partial charge in [-0.2, -0.15) is 4.89 Å². The number of carbonyl (C=O) groups is 3. The van der Waals surface area contributed by atoms with E-state index in [9.17, 15) is 19.5 Å². The zero-order valence-corrected chi connectivity index (χ0v) is 26.2. The van der Waals surface area contributed by atoms with Crippen molar-refractivity contribution in [2.45, 2.75) is 142 Å². The van der Waals surface area contributed by atoms with Crippen LogP contribution in [0.5, 0.6) is 0 Å². The van der Waals surface area contributed by atoms with Crippen LogP contribution in [0, 0.1) is 11.3 Å². The molecule has 0 aromatic rings. The number of amides is 1. The Balaban J connectivity index is 2.91. The normalized spacial score (nSPS) is 19.3. The summed E-state index contributed by atoms with van der Waals surface area (Å²) in [4.78, 5) is 46.8. The van der Waals surface area contributed by atoms with Gasteiger partial charge >= 0.3 is 11.9 Å². The number of nitrogens with one attached hydrogen (secondary N) is 2. The van der Waals surface area contributed by atoms with Gasteiger partial charge in [0.2, 0.25) is 11.7 Å². The van der Waals surface area contributed by atoms with Crippen LogP contribution < -0.4 is 5.32 Å². The Labute approximate surface area is 256 Å². The van der Waals surface area contributed by atoms with Crippen molar-refractivity contribution < 1.29 is 43.1 Å². The van der Waals surface area contributed by atoms with E-state index in [1.54, 1.807) is 0 Å². The highest BCUT2D eigenvalue weighted by atomic mass is 19.1. The number of unbranched alkanes of at least 4 members (excludes halogenated alkanes) is 11. The van der Waals surface area contributed by atoms with E-state index >= 15 is 4.39 Å². The van der Waals surface area contributed by atoms with Gasteiger partial charge in [0.15, 0.2) is 18.4 Å². The number of ether oxygens (including phenoxy) is 2. The average Bonchev–Trinajstić information content (AvgIpc) is 2.97. The van der Waals surface area contributed by atoms with Gasteiger partial charge in [-0.15, -0.1) is 0 Å². The Morgan fingerprint density at radius 1 is 1.02 bits per heavy atom. The molecule has 0 saturated heterocycles. The molecule has 0 saturated carbocycles. The molecule has 1 rings (SSSR count). The van der Waals surface area contributed by atoms with E-state index in [4.69, 9.17) is 24.7 Å². The summed E-state index contributed by atoms with van der Waals surface area (Å²) in [6.07, 6.45) is 11.0. The number of aliphatic carboxylic acids is 1. The summed E-state index contributed by atoms with van der Waals surface area (Å²) in [6.45, 7) is 8.82. The fraction of sp³-hybridized carbons (Fsp3) is 0.750. The maximum atomic E-state index is 16.2. The molecule has 0 spiro atoms. The predicted molar refractivity (Wildman–Crippen MR) is 162 cm³/mol. The molecule has 1 aliphatic heterocycles. The number of esters is 1. The van der Waals surface area contributed by atoms with Crippen molar-refractivity contribution >= 4 is 24.1 Å². The minimum atomic E-state index is -2.12. The molecule has 5 atom stereocenters. The lowest BCUT2D eigenvalue weighted by Crippen LogP contribution is -2.57. The summed E-state index contributed by atoms with van der Waals surface area (Å²) in [7, 11) is 0. The van der Waals surface area contributed by atoms with Crippen molar-refractivity contribution in [1.82, 2.24) is 5.32 Å². The lowest BCUT2D eigenvalue weighted by Gasteiger charge is -2.38. The number of carbonyl (C=O) groups excluding carboxylic acids is 2. The molecular formula is C32H53FN2O8. The Hall–Kier alpha value is -2.95. The van der Waals surface area contributed by atoms with Crippen LogP contribution in [0.1, 0.15) is 117 Å². The van der Waals surface area contributed by atoms with Crippen LogP contribution in [0.4, 0.5) is 4.39 Å². The maximum Gasteiger partial charge on any atom is 0.370 e. The maximum absolute atomic E-state index is 16.2. The standard InChI is InChI=1S/C32H53FN2O8/c1-5-7-9-11-13-15-17-19-28(37)40-22-27(43-42-23(3)18-16-14-12-10-8-6-2)29(33)31-30(35-24(4)36)25(21-34)20-26(41-31)32(38)39/h20-21,25,27,29-31,34H,3,5-19,22H2,1-2,4H3,(H,35,36)(H,38,39). The van der Waals surface area contributed by atoms with E-state index in [1.807, 2.05) is 0 Å².